The minimum absolute atomic E-state index is 0.435. The van der Waals surface area contributed by atoms with Crippen molar-refractivity contribution in [3.63, 3.8) is 0 Å². The van der Waals surface area contributed by atoms with Crippen molar-refractivity contribution < 1.29 is 9.84 Å². The maximum atomic E-state index is 9.40. The van der Waals surface area contributed by atoms with Gasteiger partial charge in [0, 0.05) is 11.8 Å². The van der Waals surface area contributed by atoms with Crippen LogP contribution in [0.4, 0.5) is 0 Å². The summed E-state index contributed by atoms with van der Waals surface area (Å²) in [5.74, 6) is 0.435. The van der Waals surface area contributed by atoms with Gasteiger partial charge in [0.1, 0.15) is 6.10 Å². The highest BCUT2D eigenvalue weighted by Gasteiger charge is 2.09. The molecule has 1 atom stereocenters. The molecule has 1 N–H and O–H groups in total. The van der Waals surface area contributed by atoms with E-state index in [4.69, 9.17) is 4.74 Å². The van der Waals surface area contributed by atoms with Gasteiger partial charge in [-0.25, -0.2) is 4.98 Å². The quantitative estimate of drug-likeness (QED) is 0.686. The zero-order valence-corrected chi connectivity index (χ0v) is 6.90. The van der Waals surface area contributed by atoms with Gasteiger partial charge >= 0.3 is 0 Å². The highest BCUT2D eigenvalue weighted by molar-refractivity contribution is 5.29. The average Bonchev–Trinajstić information content (AvgIpc) is 2.16. The van der Waals surface area contributed by atoms with Gasteiger partial charge in [-0.3, -0.25) is 0 Å². The van der Waals surface area contributed by atoms with Crippen molar-refractivity contribution in [2.75, 3.05) is 7.11 Å². The molecule has 0 amide bonds. The summed E-state index contributed by atoms with van der Waals surface area (Å²) in [5.41, 5.74) is 0.634. The molecule has 3 nitrogen and oxygen atoms in total. The molecule has 0 saturated carbocycles. The lowest BCUT2D eigenvalue weighted by Gasteiger charge is -2.08. The molecule has 0 saturated heterocycles. The number of ether oxygens (including phenoxy) is 1. The summed E-state index contributed by atoms with van der Waals surface area (Å²) in [6, 6.07) is 3.49. The van der Waals surface area contributed by atoms with Crippen LogP contribution in [0.1, 0.15) is 11.7 Å². The molecule has 0 aliphatic heterocycles. The van der Waals surface area contributed by atoms with Crippen LogP contribution in [-0.2, 0) is 0 Å². The zero-order chi connectivity index (χ0) is 8.97. The average molecular weight is 165 g/mol. The van der Waals surface area contributed by atoms with Crippen molar-refractivity contribution in [1.82, 2.24) is 4.98 Å². The predicted octanol–water partition coefficient (Wildman–Crippen LogP) is 1.31. The van der Waals surface area contributed by atoms with Gasteiger partial charge in [-0.2, -0.15) is 0 Å². The van der Waals surface area contributed by atoms with Gasteiger partial charge in [-0.15, -0.1) is 6.58 Å². The second-order valence-electron chi connectivity index (χ2n) is 2.28. The summed E-state index contributed by atoms with van der Waals surface area (Å²) in [7, 11) is 1.52. The van der Waals surface area contributed by atoms with E-state index in [1.54, 1.807) is 18.3 Å². The minimum Gasteiger partial charge on any atom is -0.481 e. The van der Waals surface area contributed by atoms with Gasteiger partial charge in [0.25, 0.3) is 0 Å². The first-order valence-corrected chi connectivity index (χ1v) is 3.59. The van der Waals surface area contributed by atoms with Crippen LogP contribution < -0.4 is 4.74 Å². The number of rotatable bonds is 3. The number of aliphatic hydroxyl groups excluding tert-OH is 1. The number of nitrogens with zero attached hydrogens (tertiary/aromatic N) is 1. The molecule has 0 aliphatic carbocycles. The standard InChI is InChI=1S/C9H11NO2/c1-3-8(11)7-5-4-6-10-9(7)12-2/h3-6,8,11H,1H2,2H3. The van der Waals surface area contributed by atoms with E-state index >= 15 is 0 Å². The normalized spacial score (nSPS) is 12.2. The molecule has 0 aliphatic rings. The Labute approximate surface area is 71.3 Å². The summed E-state index contributed by atoms with van der Waals surface area (Å²) >= 11 is 0. The number of pyridine rings is 1. The Morgan fingerprint density at radius 1 is 1.75 bits per heavy atom. The van der Waals surface area contributed by atoms with E-state index < -0.39 is 6.10 Å². The Morgan fingerprint density at radius 2 is 2.50 bits per heavy atom. The highest BCUT2D eigenvalue weighted by Crippen LogP contribution is 2.22. The molecule has 0 fully saturated rings. The Morgan fingerprint density at radius 3 is 3.08 bits per heavy atom. The Bertz CT molecular complexity index is 273. The maximum absolute atomic E-state index is 9.40. The molecule has 0 aromatic carbocycles. The summed E-state index contributed by atoms with van der Waals surface area (Å²) in [6.45, 7) is 3.48. The van der Waals surface area contributed by atoms with Crippen LogP contribution in [0.3, 0.4) is 0 Å². The summed E-state index contributed by atoms with van der Waals surface area (Å²) in [4.78, 5) is 3.94. The van der Waals surface area contributed by atoms with Gasteiger partial charge in [0.05, 0.1) is 7.11 Å². The van der Waals surface area contributed by atoms with Crippen LogP contribution in [0.15, 0.2) is 31.0 Å². The molecule has 12 heavy (non-hydrogen) atoms. The smallest absolute Gasteiger partial charge is 0.219 e. The molecule has 0 bridgehead atoms. The fraction of sp³-hybridized carbons (Fsp3) is 0.222. The summed E-state index contributed by atoms with van der Waals surface area (Å²) in [6.07, 6.45) is 2.33. The summed E-state index contributed by atoms with van der Waals surface area (Å²) in [5, 5.41) is 9.40. The third-order valence-electron chi connectivity index (χ3n) is 1.54. The lowest BCUT2D eigenvalue weighted by molar-refractivity contribution is 0.221. The van der Waals surface area contributed by atoms with Crippen molar-refractivity contribution >= 4 is 0 Å². The van der Waals surface area contributed by atoms with Gasteiger partial charge in [0.2, 0.25) is 5.88 Å². The van der Waals surface area contributed by atoms with Crippen molar-refractivity contribution in [1.29, 1.82) is 0 Å². The van der Waals surface area contributed by atoms with E-state index in [9.17, 15) is 5.11 Å². The van der Waals surface area contributed by atoms with Gasteiger partial charge in [0.15, 0.2) is 0 Å². The Hall–Kier alpha value is -1.35. The molecule has 1 aromatic heterocycles. The van der Waals surface area contributed by atoms with E-state index in [-0.39, 0.29) is 0 Å². The first-order chi connectivity index (χ1) is 5.79. The van der Waals surface area contributed by atoms with E-state index in [1.807, 2.05) is 0 Å². The fourth-order valence-corrected chi connectivity index (χ4v) is 0.926. The third-order valence-corrected chi connectivity index (χ3v) is 1.54. The van der Waals surface area contributed by atoms with Crippen LogP contribution in [0, 0.1) is 0 Å². The molecule has 64 valence electrons. The maximum Gasteiger partial charge on any atom is 0.219 e. The van der Waals surface area contributed by atoms with E-state index in [0.717, 1.165) is 0 Å². The van der Waals surface area contributed by atoms with Crippen LogP contribution in [-0.4, -0.2) is 17.2 Å². The number of methoxy groups -OCH3 is 1. The zero-order valence-electron chi connectivity index (χ0n) is 6.90. The van der Waals surface area contributed by atoms with Crippen molar-refractivity contribution in [2.45, 2.75) is 6.10 Å². The van der Waals surface area contributed by atoms with Crippen molar-refractivity contribution in [3.8, 4) is 5.88 Å². The van der Waals surface area contributed by atoms with Crippen LogP contribution >= 0.6 is 0 Å². The van der Waals surface area contributed by atoms with E-state index in [2.05, 4.69) is 11.6 Å². The second kappa shape index (κ2) is 3.88. The second-order valence-corrected chi connectivity index (χ2v) is 2.28. The number of aliphatic hydroxyl groups is 1. The molecule has 0 radical (unpaired) electrons. The van der Waals surface area contributed by atoms with E-state index in [1.165, 1.54) is 13.2 Å². The molecule has 3 heteroatoms. The highest BCUT2D eigenvalue weighted by atomic mass is 16.5. The monoisotopic (exact) mass is 165 g/mol. The van der Waals surface area contributed by atoms with Gasteiger partial charge in [-0.05, 0) is 12.1 Å². The largest absolute Gasteiger partial charge is 0.481 e. The third kappa shape index (κ3) is 1.62. The number of hydrogen-bond donors (Lipinski definition) is 1. The van der Waals surface area contributed by atoms with Gasteiger partial charge < -0.3 is 9.84 Å². The first kappa shape index (κ1) is 8.74. The molecule has 1 aromatic rings. The SMILES string of the molecule is C=CC(O)c1cccnc1OC. The molecule has 1 heterocycles. The predicted molar refractivity (Wildman–Crippen MR) is 45.9 cm³/mol. The molecule has 1 unspecified atom stereocenters. The van der Waals surface area contributed by atoms with Gasteiger partial charge in [-0.1, -0.05) is 6.08 Å². The lowest BCUT2D eigenvalue weighted by Crippen LogP contribution is -1.98. The lowest BCUT2D eigenvalue weighted by atomic mass is 10.1. The first-order valence-electron chi connectivity index (χ1n) is 3.59. The van der Waals surface area contributed by atoms with E-state index in [0.29, 0.717) is 11.4 Å². The molecular formula is C9H11NO2. The molecule has 1 rings (SSSR count). The number of aromatic nitrogens is 1. The summed E-state index contributed by atoms with van der Waals surface area (Å²) < 4.78 is 4.95. The van der Waals surface area contributed by atoms with Crippen LogP contribution in [0.5, 0.6) is 5.88 Å². The number of hydrogen-bond acceptors (Lipinski definition) is 3. The van der Waals surface area contributed by atoms with Crippen LogP contribution in [0.2, 0.25) is 0 Å². The topological polar surface area (TPSA) is 42.4 Å². The Kier molecular flexibility index (Phi) is 2.82. The fourth-order valence-electron chi connectivity index (χ4n) is 0.926. The van der Waals surface area contributed by atoms with Crippen molar-refractivity contribution in [3.05, 3.63) is 36.5 Å². The van der Waals surface area contributed by atoms with Crippen LogP contribution in [0.25, 0.3) is 0 Å². The van der Waals surface area contributed by atoms with Crippen molar-refractivity contribution in [2.24, 2.45) is 0 Å². The molecular weight excluding hydrogens is 154 g/mol. The molecule has 0 spiro atoms. The Balaban J connectivity index is 3.04. The minimum atomic E-state index is -0.714.